The van der Waals surface area contributed by atoms with Gasteiger partial charge in [0.15, 0.2) is 0 Å². The number of urea groups is 1. The van der Waals surface area contributed by atoms with E-state index >= 15 is 0 Å². The van der Waals surface area contributed by atoms with E-state index in [2.05, 4.69) is 29.3 Å². The topological polar surface area (TPSA) is 79.8 Å². The Kier molecular flexibility index (Phi) is 7.04. The number of fused-ring (bicyclic) bond motifs is 1. The fraction of sp³-hybridized carbons (Fsp3) is 0.393. The molecule has 2 aliphatic rings. The lowest BCUT2D eigenvalue weighted by atomic mass is 10.0. The maximum atomic E-state index is 13.2. The summed E-state index contributed by atoms with van der Waals surface area (Å²) in [5.41, 5.74) is 6.19. The van der Waals surface area contributed by atoms with Gasteiger partial charge in [-0.15, -0.1) is 0 Å². The van der Waals surface area contributed by atoms with Gasteiger partial charge in [-0.05, 0) is 37.1 Å². The van der Waals surface area contributed by atoms with Gasteiger partial charge in [-0.2, -0.15) is 0 Å². The molecule has 0 atom stereocenters. The fourth-order valence-corrected chi connectivity index (χ4v) is 4.84. The molecule has 0 unspecified atom stereocenters. The zero-order valence-electron chi connectivity index (χ0n) is 21.2. The molecule has 0 aliphatic carbocycles. The van der Waals surface area contributed by atoms with Crippen LogP contribution in [0.25, 0.3) is 0 Å². The molecule has 188 valence electrons. The summed E-state index contributed by atoms with van der Waals surface area (Å²) in [6, 6.07) is 13.9. The van der Waals surface area contributed by atoms with E-state index in [1.165, 1.54) is 0 Å². The molecule has 0 bridgehead atoms. The standard InChI is InChI=1S/C28H33N5O3/c1-19-7-6-9-23(20(19)2)30-28(34)33-12-11-24-22(18-33)27(32-13-15-36-16-14-32)31-26(29-24)17-21-8-4-5-10-25(21)35-3/h4-10H,11-18H2,1-3H3,(H,30,34). The van der Waals surface area contributed by atoms with E-state index in [1.54, 1.807) is 7.11 Å². The van der Waals surface area contributed by atoms with Gasteiger partial charge in [0.2, 0.25) is 0 Å². The molecule has 1 aromatic heterocycles. The molecule has 2 aliphatic heterocycles. The Morgan fingerprint density at radius 2 is 1.86 bits per heavy atom. The lowest BCUT2D eigenvalue weighted by Crippen LogP contribution is -2.42. The third kappa shape index (κ3) is 4.99. The zero-order valence-corrected chi connectivity index (χ0v) is 21.2. The van der Waals surface area contributed by atoms with Gasteiger partial charge in [-0.25, -0.2) is 14.8 Å². The summed E-state index contributed by atoms with van der Waals surface area (Å²) in [6.45, 7) is 8.04. The summed E-state index contributed by atoms with van der Waals surface area (Å²) in [5, 5.41) is 3.11. The highest BCUT2D eigenvalue weighted by molar-refractivity contribution is 5.90. The molecule has 8 nitrogen and oxygen atoms in total. The number of methoxy groups -OCH3 is 1. The summed E-state index contributed by atoms with van der Waals surface area (Å²) in [4.78, 5) is 27.3. The zero-order chi connectivity index (χ0) is 25.1. The van der Waals surface area contributed by atoms with Gasteiger partial charge in [0.1, 0.15) is 17.4 Å². The number of ether oxygens (including phenoxy) is 2. The molecule has 3 aromatic rings. The lowest BCUT2D eigenvalue weighted by Gasteiger charge is -2.34. The number of amides is 2. The second-order valence-corrected chi connectivity index (χ2v) is 9.33. The molecule has 36 heavy (non-hydrogen) atoms. The van der Waals surface area contributed by atoms with Crippen LogP contribution in [0.4, 0.5) is 16.3 Å². The average Bonchev–Trinajstić information content (AvgIpc) is 2.91. The number of rotatable bonds is 5. The van der Waals surface area contributed by atoms with Crippen LogP contribution in [0.1, 0.15) is 33.8 Å². The quantitative estimate of drug-likeness (QED) is 0.583. The Balaban J connectivity index is 1.43. The van der Waals surface area contributed by atoms with Crippen molar-refractivity contribution in [1.29, 1.82) is 0 Å². The monoisotopic (exact) mass is 487 g/mol. The largest absolute Gasteiger partial charge is 0.496 e. The first kappa shape index (κ1) is 24.1. The summed E-state index contributed by atoms with van der Waals surface area (Å²) in [5.74, 6) is 2.52. The summed E-state index contributed by atoms with van der Waals surface area (Å²) in [6.07, 6.45) is 1.28. The number of aryl methyl sites for hydroxylation is 1. The van der Waals surface area contributed by atoms with Gasteiger partial charge >= 0.3 is 6.03 Å². The molecular weight excluding hydrogens is 454 g/mol. The van der Waals surface area contributed by atoms with Crippen LogP contribution >= 0.6 is 0 Å². The molecule has 2 aromatic carbocycles. The van der Waals surface area contributed by atoms with E-state index in [-0.39, 0.29) is 6.03 Å². The van der Waals surface area contributed by atoms with Crippen molar-refractivity contribution in [2.45, 2.75) is 33.2 Å². The highest BCUT2D eigenvalue weighted by Gasteiger charge is 2.29. The SMILES string of the molecule is COc1ccccc1Cc1nc2c(c(N3CCOCC3)n1)CN(C(=O)Nc1cccc(C)c1C)CC2. The Hall–Kier alpha value is -3.65. The molecule has 0 radical (unpaired) electrons. The van der Waals surface area contributed by atoms with Crippen molar-refractivity contribution in [3.8, 4) is 5.75 Å². The second-order valence-electron chi connectivity index (χ2n) is 9.33. The number of morpholine rings is 1. The first-order chi connectivity index (χ1) is 17.5. The van der Waals surface area contributed by atoms with E-state index < -0.39 is 0 Å². The van der Waals surface area contributed by atoms with E-state index in [9.17, 15) is 4.79 Å². The molecular formula is C28H33N5O3. The van der Waals surface area contributed by atoms with Crippen LogP contribution < -0.4 is 15.0 Å². The van der Waals surface area contributed by atoms with Crippen LogP contribution in [0.3, 0.4) is 0 Å². The van der Waals surface area contributed by atoms with Crippen molar-refractivity contribution >= 4 is 17.5 Å². The Morgan fingerprint density at radius 1 is 1.06 bits per heavy atom. The number of carbonyl (C=O) groups excluding carboxylic acids is 1. The number of hydrogen-bond donors (Lipinski definition) is 1. The molecule has 0 saturated carbocycles. The Labute approximate surface area is 212 Å². The van der Waals surface area contributed by atoms with Crippen molar-refractivity contribution in [3.63, 3.8) is 0 Å². The third-order valence-corrected chi connectivity index (χ3v) is 7.07. The van der Waals surface area contributed by atoms with E-state index in [0.717, 1.165) is 64.1 Å². The molecule has 1 N–H and O–H groups in total. The van der Waals surface area contributed by atoms with Gasteiger partial charge in [-0.1, -0.05) is 30.3 Å². The predicted octanol–water partition coefficient (Wildman–Crippen LogP) is 4.12. The van der Waals surface area contributed by atoms with Crippen molar-refractivity contribution < 1.29 is 14.3 Å². The van der Waals surface area contributed by atoms with Crippen molar-refractivity contribution in [2.75, 3.05) is 50.2 Å². The Morgan fingerprint density at radius 3 is 2.67 bits per heavy atom. The van der Waals surface area contributed by atoms with E-state index in [0.29, 0.717) is 39.1 Å². The number of nitrogens with one attached hydrogen (secondary N) is 1. The first-order valence-corrected chi connectivity index (χ1v) is 12.5. The minimum atomic E-state index is -0.0969. The van der Waals surface area contributed by atoms with Crippen LogP contribution in [0.5, 0.6) is 5.75 Å². The number of nitrogens with zero attached hydrogens (tertiary/aromatic N) is 4. The number of benzene rings is 2. The molecule has 5 rings (SSSR count). The van der Waals surface area contributed by atoms with Gasteiger partial charge < -0.3 is 24.6 Å². The van der Waals surface area contributed by atoms with Gasteiger partial charge in [0.05, 0.1) is 32.6 Å². The highest BCUT2D eigenvalue weighted by atomic mass is 16.5. The summed E-state index contributed by atoms with van der Waals surface area (Å²) < 4.78 is 11.1. The van der Waals surface area contributed by atoms with Crippen molar-refractivity contribution in [2.24, 2.45) is 0 Å². The Bertz CT molecular complexity index is 1260. The number of aromatic nitrogens is 2. The van der Waals surface area contributed by atoms with Gasteiger partial charge in [-0.3, -0.25) is 0 Å². The van der Waals surface area contributed by atoms with Crippen LogP contribution in [-0.2, 0) is 24.1 Å². The number of anilines is 2. The molecule has 1 fully saturated rings. The second kappa shape index (κ2) is 10.5. The van der Waals surface area contributed by atoms with Crippen LogP contribution in [-0.4, -0.2) is 60.9 Å². The highest BCUT2D eigenvalue weighted by Crippen LogP contribution is 2.30. The minimum Gasteiger partial charge on any atom is -0.496 e. The predicted molar refractivity (Wildman–Crippen MR) is 140 cm³/mol. The number of hydrogen-bond acceptors (Lipinski definition) is 6. The molecule has 3 heterocycles. The molecule has 1 saturated heterocycles. The smallest absolute Gasteiger partial charge is 0.322 e. The maximum Gasteiger partial charge on any atom is 0.322 e. The van der Waals surface area contributed by atoms with Crippen LogP contribution in [0, 0.1) is 13.8 Å². The molecule has 2 amide bonds. The van der Waals surface area contributed by atoms with Crippen molar-refractivity contribution in [3.05, 3.63) is 76.2 Å². The lowest BCUT2D eigenvalue weighted by molar-refractivity contribution is 0.122. The van der Waals surface area contributed by atoms with Gasteiger partial charge in [0.25, 0.3) is 0 Å². The van der Waals surface area contributed by atoms with Crippen LogP contribution in [0.15, 0.2) is 42.5 Å². The maximum absolute atomic E-state index is 13.2. The number of carbonyl (C=O) groups is 1. The first-order valence-electron chi connectivity index (χ1n) is 12.5. The minimum absolute atomic E-state index is 0.0969. The number of para-hydroxylation sites is 1. The van der Waals surface area contributed by atoms with Crippen LogP contribution in [0.2, 0.25) is 0 Å². The van der Waals surface area contributed by atoms with Crippen molar-refractivity contribution in [1.82, 2.24) is 14.9 Å². The third-order valence-electron chi connectivity index (χ3n) is 7.07. The molecule has 8 heteroatoms. The summed E-state index contributed by atoms with van der Waals surface area (Å²) >= 11 is 0. The van der Waals surface area contributed by atoms with E-state index in [4.69, 9.17) is 19.4 Å². The normalized spacial score (nSPS) is 15.4. The van der Waals surface area contributed by atoms with E-state index in [1.807, 2.05) is 42.2 Å². The van der Waals surface area contributed by atoms with Gasteiger partial charge in [0, 0.05) is 49.3 Å². The average molecular weight is 488 g/mol. The summed E-state index contributed by atoms with van der Waals surface area (Å²) in [7, 11) is 1.68. The molecule has 0 spiro atoms. The fourth-order valence-electron chi connectivity index (χ4n) is 4.84.